The van der Waals surface area contributed by atoms with Gasteiger partial charge in [0.1, 0.15) is 0 Å². The van der Waals surface area contributed by atoms with Crippen molar-refractivity contribution >= 4 is 0 Å². The topological polar surface area (TPSA) is 64.1 Å². The number of benzene rings is 1. The molecule has 13 heavy (non-hydrogen) atoms. The van der Waals surface area contributed by atoms with Crippen LogP contribution >= 0.6 is 0 Å². The summed E-state index contributed by atoms with van der Waals surface area (Å²) in [6.45, 7) is 1.57. The Bertz CT molecular complexity index is 223. The van der Waals surface area contributed by atoms with Crippen molar-refractivity contribution in [1.82, 2.24) is 5.32 Å². The number of rotatable bonds is 5. The van der Waals surface area contributed by atoms with Gasteiger partial charge in [0.2, 0.25) is 0 Å². The van der Waals surface area contributed by atoms with E-state index >= 15 is 0 Å². The van der Waals surface area contributed by atoms with Crippen molar-refractivity contribution in [1.29, 1.82) is 0 Å². The van der Waals surface area contributed by atoms with Crippen molar-refractivity contribution in [3.8, 4) is 0 Å². The third-order valence-electron chi connectivity index (χ3n) is 1.90. The maximum atomic E-state index is 5.88. The van der Waals surface area contributed by atoms with E-state index in [9.17, 15) is 0 Å². The summed E-state index contributed by atoms with van der Waals surface area (Å²) >= 11 is 0. The molecule has 0 heterocycles. The van der Waals surface area contributed by atoms with Gasteiger partial charge in [-0.3, -0.25) is 5.32 Å². The monoisotopic (exact) mass is 179 g/mol. The van der Waals surface area contributed by atoms with Gasteiger partial charge in [0.25, 0.3) is 0 Å². The highest BCUT2D eigenvalue weighted by Gasteiger charge is 2.01. The highest BCUT2D eigenvalue weighted by Crippen LogP contribution is 2.05. The zero-order valence-corrected chi connectivity index (χ0v) is 7.74. The molecule has 1 rings (SSSR count). The third kappa shape index (κ3) is 3.55. The Morgan fingerprint density at radius 2 is 1.92 bits per heavy atom. The van der Waals surface area contributed by atoms with E-state index in [2.05, 4.69) is 5.32 Å². The second-order valence-electron chi connectivity index (χ2n) is 2.98. The van der Waals surface area contributed by atoms with E-state index in [1.54, 1.807) is 0 Å². The van der Waals surface area contributed by atoms with Gasteiger partial charge in [-0.1, -0.05) is 30.3 Å². The molecule has 0 saturated heterocycles. The largest absolute Gasteiger partial charge is 0.330 e. The minimum absolute atomic E-state index is 0.0762. The van der Waals surface area contributed by atoms with Crippen molar-refractivity contribution in [2.45, 2.75) is 12.6 Å². The summed E-state index contributed by atoms with van der Waals surface area (Å²) in [6, 6.07) is 9.98. The van der Waals surface area contributed by atoms with Gasteiger partial charge in [0.05, 0.1) is 6.17 Å². The lowest BCUT2D eigenvalue weighted by Gasteiger charge is -2.13. The Hall–Kier alpha value is -0.900. The fourth-order valence-corrected chi connectivity index (χ4v) is 1.14. The molecule has 1 aromatic carbocycles. The quantitative estimate of drug-likeness (QED) is 0.457. The molecule has 0 bridgehead atoms. The molecule has 3 heteroatoms. The molecule has 1 aromatic rings. The number of nitrogens with one attached hydrogen (secondary N) is 1. The molecule has 0 fully saturated rings. The molecule has 1 atom stereocenters. The molecular formula is C10H17N3. The minimum Gasteiger partial charge on any atom is -0.330 e. The zero-order valence-electron chi connectivity index (χ0n) is 7.74. The van der Waals surface area contributed by atoms with Crippen LogP contribution in [0.4, 0.5) is 0 Å². The van der Waals surface area contributed by atoms with Crippen LogP contribution in [0.5, 0.6) is 0 Å². The molecular weight excluding hydrogens is 162 g/mol. The summed E-state index contributed by atoms with van der Waals surface area (Å²) in [6.07, 6.45) is 0.883. The van der Waals surface area contributed by atoms with E-state index in [0.29, 0.717) is 6.54 Å². The van der Waals surface area contributed by atoms with Gasteiger partial charge < -0.3 is 11.5 Å². The van der Waals surface area contributed by atoms with E-state index in [0.717, 1.165) is 18.5 Å². The van der Waals surface area contributed by atoms with E-state index in [-0.39, 0.29) is 6.17 Å². The van der Waals surface area contributed by atoms with Gasteiger partial charge in [0.15, 0.2) is 0 Å². The smallest absolute Gasteiger partial charge is 0.0810 e. The summed E-state index contributed by atoms with van der Waals surface area (Å²) in [5.41, 5.74) is 12.4. The Kier molecular flexibility index (Phi) is 4.46. The Morgan fingerprint density at radius 1 is 1.23 bits per heavy atom. The fourth-order valence-electron chi connectivity index (χ4n) is 1.14. The highest BCUT2D eigenvalue weighted by atomic mass is 15.0. The minimum atomic E-state index is -0.0762. The molecule has 0 amide bonds. The summed E-state index contributed by atoms with van der Waals surface area (Å²) in [7, 11) is 0. The first-order valence-corrected chi connectivity index (χ1v) is 4.58. The molecule has 72 valence electrons. The Balaban J connectivity index is 2.35. The van der Waals surface area contributed by atoms with Crippen LogP contribution in [-0.4, -0.2) is 13.1 Å². The van der Waals surface area contributed by atoms with Gasteiger partial charge in [-0.05, 0) is 25.1 Å². The predicted molar refractivity (Wildman–Crippen MR) is 55.0 cm³/mol. The van der Waals surface area contributed by atoms with Crippen LogP contribution in [0.3, 0.4) is 0 Å². The first kappa shape index (κ1) is 10.2. The summed E-state index contributed by atoms with van der Waals surface area (Å²) < 4.78 is 0. The Labute approximate surface area is 79.1 Å². The molecule has 3 nitrogen and oxygen atoms in total. The summed E-state index contributed by atoms with van der Waals surface area (Å²) in [4.78, 5) is 0. The number of hydrogen-bond acceptors (Lipinski definition) is 3. The molecule has 0 aliphatic carbocycles. The van der Waals surface area contributed by atoms with E-state index in [1.165, 1.54) is 0 Å². The Morgan fingerprint density at radius 3 is 2.54 bits per heavy atom. The normalized spacial score (nSPS) is 12.8. The van der Waals surface area contributed by atoms with Crippen LogP contribution in [0.25, 0.3) is 0 Å². The fraction of sp³-hybridized carbons (Fsp3) is 0.400. The average molecular weight is 179 g/mol. The molecule has 0 aliphatic heterocycles. The second-order valence-corrected chi connectivity index (χ2v) is 2.98. The standard InChI is InChI=1S/C10H17N3/c11-7-4-8-13-10(12)9-5-2-1-3-6-9/h1-3,5-6,10,13H,4,7-8,11-12H2. The zero-order chi connectivity index (χ0) is 9.52. The van der Waals surface area contributed by atoms with Crippen LogP contribution in [0.2, 0.25) is 0 Å². The first-order valence-electron chi connectivity index (χ1n) is 4.58. The lowest BCUT2D eigenvalue weighted by atomic mass is 10.2. The number of nitrogens with two attached hydrogens (primary N) is 2. The predicted octanol–water partition coefficient (Wildman–Crippen LogP) is 0.582. The van der Waals surface area contributed by atoms with Crippen molar-refractivity contribution in [3.05, 3.63) is 35.9 Å². The van der Waals surface area contributed by atoms with Gasteiger partial charge in [0, 0.05) is 0 Å². The van der Waals surface area contributed by atoms with Gasteiger partial charge in [-0.2, -0.15) is 0 Å². The lowest BCUT2D eigenvalue weighted by Crippen LogP contribution is -2.30. The molecule has 1 unspecified atom stereocenters. The number of hydrogen-bond donors (Lipinski definition) is 3. The molecule has 0 aromatic heterocycles. The second kappa shape index (κ2) is 5.70. The van der Waals surface area contributed by atoms with Crippen molar-refractivity contribution < 1.29 is 0 Å². The van der Waals surface area contributed by atoms with Crippen LogP contribution in [0.15, 0.2) is 30.3 Å². The maximum absolute atomic E-state index is 5.88. The molecule has 0 spiro atoms. The van der Waals surface area contributed by atoms with Gasteiger partial charge >= 0.3 is 0 Å². The van der Waals surface area contributed by atoms with Gasteiger partial charge in [-0.25, -0.2) is 0 Å². The van der Waals surface area contributed by atoms with Crippen molar-refractivity contribution in [3.63, 3.8) is 0 Å². The SMILES string of the molecule is NCCCNC(N)c1ccccc1. The van der Waals surface area contributed by atoms with Gasteiger partial charge in [-0.15, -0.1) is 0 Å². The van der Waals surface area contributed by atoms with Crippen molar-refractivity contribution in [2.75, 3.05) is 13.1 Å². The highest BCUT2D eigenvalue weighted by molar-refractivity contribution is 5.17. The van der Waals surface area contributed by atoms with Crippen LogP contribution in [0.1, 0.15) is 18.2 Å². The summed E-state index contributed by atoms with van der Waals surface area (Å²) in [5.74, 6) is 0. The van der Waals surface area contributed by atoms with Crippen LogP contribution in [0, 0.1) is 0 Å². The third-order valence-corrected chi connectivity index (χ3v) is 1.90. The summed E-state index contributed by atoms with van der Waals surface area (Å²) in [5, 5.41) is 3.20. The first-order chi connectivity index (χ1) is 6.34. The maximum Gasteiger partial charge on any atom is 0.0810 e. The van der Waals surface area contributed by atoms with E-state index in [1.807, 2.05) is 30.3 Å². The molecule has 0 saturated carbocycles. The molecule has 5 N–H and O–H groups in total. The molecule has 0 aliphatic rings. The molecule has 0 radical (unpaired) electrons. The van der Waals surface area contributed by atoms with Crippen molar-refractivity contribution in [2.24, 2.45) is 11.5 Å². The van der Waals surface area contributed by atoms with E-state index < -0.39 is 0 Å². The average Bonchev–Trinajstić information content (AvgIpc) is 2.19. The van der Waals surface area contributed by atoms with E-state index in [4.69, 9.17) is 11.5 Å². The van der Waals surface area contributed by atoms with Crippen LogP contribution < -0.4 is 16.8 Å². The lowest BCUT2D eigenvalue weighted by molar-refractivity contribution is 0.542. The van der Waals surface area contributed by atoms with Crippen LogP contribution in [-0.2, 0) is 0 Å².